The third kappa shape index (κ3) is 3.71. The summed E-state index contributed by atoms with van der Waals surface area (Å²) in [6.07, 6.45) is 3.44. The van der Waals surface area contributed by atoms with E-state index in [1.165, 1.54) is 18.9 Å². The van der Waals surface area contributed by atoms with Crippen LogP contribution in [0.2, 0.25) is 0 Å². The Balaban J connectivity index is 2.10. The van der Waals surface area contributed by atoms with Crippen LogP contribution >= 0.6 is 11.8 Å². The lowest BCUT2D eigenvalue weighted by Gasteiger charge is -2.08. The second-order valence-corrected chi connectivity index (χ2v) is 5.02. The molecular formula is C14H15N3O2S. The molecule has 20 heavy (non-hydrogen) atoms. The summed E-state index contributed by atoms with van der Waals surface area (Å²) in [4.78, 5) is 19.6. The molecule has 2 aromatic rings. The van der Waals surface area contributed by atoms with E-state index in [0.717, 1.165) is 11.1 Å². The van der Waals surface area contributed by atoms with Crippen molar-refractivity contribution in [2.75, 3.05) is 12.8 Å². The Morgan fingerprint density at radius 2 is 1.95 bits per heavy atom. The average Bonchev–Trinajstić information content (AvgIpc) is 2.47. The van der Waals surface area contributed by atoms with Gasteiger partial charge in [0.15, 0.2) is 5.82 Å². The molecule has 0 spiro atoms. The number of aromatic nitrogens is 2. The van der Waals surface area contributed by atoms with Gasteiger partial charge in [0.05, 0.1) is 13.5 Å². The number of rotatable bonds is 5. The van der Waals surface area contributed by atoms with E-state index in [0.29, 0.717) is 16.6 Å². The highest BCUT2D eigenvalue weighted by molar-refractivity contribution is 7.98. The molecule has 0 aliphatic heterocycles. The van der Waals surface area contributed by atoms with Gasteiger partial charge in [-0.3, -0.25) is 4.79 Å². The third-order valence-electron chi connectivity index (χ3n) is 2.74. The van der Waals surface area contributed by atoms with Crippen LogP contribution < -0.4 is 5.73 Å². The fourth-order valence-corrected chi connectivity index (χ4v) is 2.60. The molecule has 0 bridgehead atoms. The molecule has 0 unspecified atom stereocenters. The van der Waals surface area contributed by atoms with Gasteiger partial charge in [-0.25, -0.2) is 9.97 Å². The number of anilines is 1. The predicted octanol–water partition coefficient (Wildman–Crippen LogP) is 2.07. The normalized spacial score (nSPS) is 10.2. The Kier molecular flexibility index (Phi) is 4.95. The molecule has 6 heteroatoms. The Bertz CT molecular complexity index is 604. The van der Waals surface area contributed by atoms with E-state index in [2.05, 4.69) is 9.97 Å². The van der Waals surface area contributed by atoms with Crippen molar-refractivity contribution in [1.29, 1.82) is 0 Å². The molecule has 1 heterocycles. The van der Waals surface area contributed by atoms with Crippen molar-refractivity contribution < 1.29 is 9.53 Å². The van der Waals surface area contributed by atoms with Gasteiger partial charge < -0.3 is 10.5 Å². The lowest BCUT2D eigenvalue weighted by Crippen LogP contribution is -2.06. The van der Waals surface area contributed by atoms with Crippen molar-refractivity contribution >= 4 is 23.5 Å². The van der Waals surface area contributed by atoms with Crippen molar-refractivity contribution in [1.82, 2.24) is 9.97 Å². The number of methoxy groups -OCH3 is 1. The highest BCUT2D eigenvalue weighted by atomic mass is 32.2. The van der Waals surface area contributed by atoms with Crippen LogP contribution in [0, 0.1) is 0 Å². The van der Waals surface area contributed by atoms with Gasteiger partial charge in [0, 0.05) is 18.1 Å². The molecule has 0 radical (unpaired) electrons. The van der Waals surface area contributed by atoms with Gasteiger partial charge in [-0.05, 0) is 11.1 Å². The zero-order valence-electron chi connectivity index (χ0n) is 11.1. The first-order valence-electron chi connectivity index (χ1n) is 6.03. The summed E-state index contributed by atoms with van der Waals surface area (Å²) in [7, 11) is 1.39. The van der Waals surface area contributed by atoms with Crippen LogP contribution in [0.3, 0.4) is 0 Å². The number of nitrogen functional groups attached to an aromatic ring is 1. The summed E-state index contributed by atoms with van der Waals surface area (Å²) in [5.74, 6) is 0.847. The molecule has 1 aromatic carbocycles. The van der Waals surface area contributed by atoms with Crippen molar-refractivity contribution in [2.24, 2.45) is 0 Å². The SMILES string of the molecule is COC(=O)Cc1ccccc1CSc1nccnc1N. The largest absolute Gasteiger partial charge is 0.469 e. The van der Waals surface area contributed by atoms with E-state index in [-0.39, 0.29) is 12.4 Å². The van der Waals surface area contributed by atoms with Crippen molar-refractivity contribution in [3.8, 4) is 0 Å². The zero-order valence-corrected chi connectivity index (χ0v) is 11.9. The molecule has 2 rings (SSSR count). The standard InChI is InChI=1S/C14H15N3O2S/c1-19-12(18)8-10-4-2-3-5-11(10)9-20-14-13(15)16-6-7-17-14/h2-7H,8-9H2,1H3,(H2,15,16). The maximum Gasteiger partial charge on any atom is 0.309 e. The highest BCUT2D eigenvalue weighted by Gasteiger charge is 2.09. The maximum absolute atomic E-state index is 11.4. The van der Waals surface area contributed by atoms with Crippen LogP contribution in [0.1, 0.15) is 11.1 Å². The third-order valence-corrected chi connectivity index (χ3v) is 3.78. The van der Waals surface area contributed by atoms with E-state index in [4.69, 9.17) is 10.5 Å². The fraction of sp³-hybridized carbons (Fsp3) is 0.214. The smallest absolute Gasteiger partial charge is 0.309 e. The first-order chi connectivity index (χ1) is 9.70. The fourth-order valence-electron chi connectivity index (χ4n) is 1.69. The van der Waals surface area contributed by atoms with Crippen LogP contribution in [-0.4, -0.2) is 23.0 Å². The minimum absolute atomic E-state index is 0.249. The molecule has 2 N–H and O–H groups in total. The van der Waals surface area contributed by atoms with Crippen molar-refractivity contribution in [3.05, 3.63) is 47.8 Å². The van der Waals surface area contributed by atoms with E-state index < -0.39 is 0 Å². The van der Waals surface area contributed by atoms with Crippen molar-refractivity contribution in [2.45, 2.75) is 17.2 Å². The number of hydrogen-bond donors (Lipinski definition) is 1. The van der Waals surface area contributed by atoms with Crippen LogP contribution in [0.25, 0.3) is 0 Å². The molecule has 0 atom stereocenters. The van der Waals surface area contributed by atoms with Gasteiger partial charge in [0.2, 0.25) is 0 Å². The lowest BCUT2D eigenvalue weighted by molar-refractivity contribution is -0.139. The van der Waals surface area contributed by atoms with Gasteiger partial charge in [0.1, 0.15) is 5.03 Å². The zero-order chi connectivity index (χ0) is 14.4. The summed E-state index contributed by atoms with van der Waals surface area (Å²) in [5, 5.41) is 0.695. The Hall–Kier alpha value is -2.08. The van der Waals surface area contributed by atoms with Crippen LogP contribution in [0.5, 0.6) is 0 Å². The average molecular weight is 289 g/mol. The number of nitrogens with zero attached hydrogens (tertiary/aromatic N) is 2. The molecule has 0 amide bonds. The first kappa shape index (κ1) is 14.3. The molecule has 1 aromatic heterocycles. The monoisotopic (exact) mass is 289 g/mol. The number of thioether (sulfide) groups is 1. The number of hydrogen-bond acceptors (Lipinski definition) is 6. The Labute approximate surface area is 121 Å². The van der Waals surface area contributed by atoms with Gasteiger partial charge in [-0.15, -0.1) is 0 Å². The maximum atomic E-state index is 11.4. The van der Waals surface area contributed by atoms with E-state index in [9.17, 15) is 4.79 Å². The van der Waals surface area contributed by atoms with E-state index in [1.807, 2.05) is 24.3 Å². The first-order valence-corrected chi connectivity index (χ1v) is 7.02. The summed E-state index contributed by atoms with van der Waals surface area (Å²) < 4.78 is 4.70. The second kappa shape index (κ2) is 6.91. The van der Waals surface area contributed by atoms with Crippen LogP contribution in [-0.2, 0) is 21.7 Å². The topological polar surface area (TPSA) is 78.1 Å². The van der Waals surface area contributed by atoms with Gasteiger partial charge in [0.25, 0.3) is 0 Å². The molecule has 0 aliphatic rings. The van der Waals surface area contributed by atoms with Gasteiger partial charge in [-0.1, -0.05) is 36.0 Å². The molecular weight excluding hydrogens is 274 g/mol. The summed E-state index contributed by atoms with van der Waals surface area (Å²) in [6.45, 7) is 0. The number of carbonyl (C=O) groups is 1. The van der Waals surface area contributed by atoms with Gasteiger partial charge in [-0.2, -0.15) is 0 Å². The van der Waals surface area contributed by atoms with E-state index >= 15 is 0 Å². The van der Waals surface area contributed by atoms with Crippen LogP contribution in [0.4, 0.5) is 5.82 Å². The highest BCUT2D eigenvalue weighted by Crippen LogP contribution is 2.25. The summed E-state index contributed by atoms with van der Waals surface area (Å²) >= 11 is 1.50. The van der Waals surface area contributed by atoms with E-state index in [1.54, 1.807) is 12.4 Å². The second-order valence-electron chi connectivity index (χ2n) is 4.06. The predicted molar refractivity (Wildman–Crippen MR) is 78.2 cm³/mol. The molecule has 0 saturated carbocycles. The van der Waals surface area contributed by atoms with Gasteiger partial charge >= 0.3 is 5.97 Å². The minimum atomic E-state index is -0.249. The molecule has 0 fully saturated rings. The quantitative estimate of drug-likeness (QED) is 0.670. The van der Waals surface area contributed by atoms with Crippen LogP contribution in [0.15, 0.2) is 41.7 Å². The molecule has 0 saturated heterocycles. The molecule has 0 aliphatic carbocycles. The molecule has 5 nitrogen and oxygen atoms in total. The molecule has 104 valence electrons. The summed E-state index contributed by atoms with van der Waals surface area (Å²) in [6, 6.07) is 7.75. The lowest BCUT2D eigenvalue weighted by atomic mass is 10.1. The number of esters is 1. The number of benzene rings is 1. The van der Waals surface area contributed by atoms with Crippen molar-refractivity contribution in [3.63, 3.8) is 0 Å². The Morgan fingerprint density at radius 3 is 2.65 bits per heavy atom. The number of ether oxygens (including phenoxy) is 1. The summed E-state index contributed by atoms with van der Waals surface area (Å²) in [5.41, 5.74) is 7.77. The number of nitrogens with two attached hydrogens (primary N) is 1. The number of carbonyl (C=O) groups excluding carboxylic acids is 1. The Morgan fingerprint density at radius 1 is 1.25 bits per heavy atom. The minimum Gasteiger partial charge on any atom is -0.469 e.